The van der Waals surface area contributed by atoms with Gasteiger partial charge < -0.3 is 10.2 Å². The molecule has 0 saturated carbocycles. The molecular formula is C15H17N3O2. The number of rotatable bonds is 2. The molecule has 0 aromatic heterocycles. The predicted octanol–water partition coefficient (Wildman–Crippen LogP) is 1.03. The molecule has 1 saturated heterocycles. The molecule has 1 heterocycles. The molecule has 0 aliphatic carbocycles. The number of nitriles is 1. The Bertz CT molecular complexity index is 560. The van der Waals surface area contributed by atoms with Crippen LogP contribution in [0.2, 0.25) is 0 Å². The van der Waals surface area contributed by atoms with Crippen molar-refractivity contribution in [2.45, 2.75) is 25.3 Å². The van der Waals surface area contributed by atoms with Gasteiger partial charge in [-0.25, -0.2) is 0 Å². The Kier molecular flexibility index (Phi) is 3.75. The van der Waals surface area contributed by atoms with Crippen molar-refractivity contribution in [2.24, 2.45) is 0 Å². The first-order valence-corrected chi connectivity index (χ1v) is 6.53. The van der Waals surface area contributed by atoms with Crippen LogP contribution in [0.5, 0.6) is 0 Å². The highest BCUT2D eigenvalue weighted by molar-refractivity contribution is 5.95. The SMILES string of the molecule is CC1(C)C(=O)NCCN1C(=O)C(C#N)c1ccccc1. The largest absolute Gasteiger partial charge is 0.352 e. The average Bonchev–Trinajstić information content (AvgIpc) is 2.43. The lowest BCUT2D eigenvalue weighted by atomic mass is 9.93. The number of piperazine rings is 1. The predicted molar refractivity (Wildman–Crippen MR) is 73.6 cm³/mol. The van der Waals surface area contributed by atoms with E-state index in [1.807, 2.05) is 12.1 Å². The van der Waals surface area contributed by atoms with Crippen LogP contribution < -0.4 is 5.32 Å². The van der Waals surface area contributed by atoms with Gasteiger partial charge in [-0.05, 0) is 19.4 Å². The highest BCUT2D eigenvalue weighted by atomic mass is 16.2. The van der Waals surface area contributed by atoms with E-state index in [0.717, 1.165) is 0 Å². The molecule has 0 radical (unpaired) electrons. The number of nitrogens with one attached hydrogen (secondary N) is 1. The van der Waals surface area contributed by atoms with Crippen LogP contribution in [0.1, 0.15) is 25.3 Å². The third-order valence-corrected chi connectivity index (χ3v) is 3.63. The fourth-order valence-corrected chi connectivity index (χ4v) is 2.36. The second-order valence-electron chi connectivity index (χ2n) is 5.28. The maximum atomic E-state index is 12.6. The van der Waals surface area contributed by atoms with Crippen molar-refractivity contribution in [3.8, 4) is 6.07 Å². The van der Waals surface area contributed by atoms with Crippen LogP contribution in [0.4, 0.5) is 0 Å². The Morgan fingerprint density at radius 3 is 2.65 bits per heavy atom. The van der Waals surface area contributed by atoms with Gasteiger partial charge in [0.25, 0.3) is 0 Å². The molecule has 1 N–H and O–H groups in total. The van der Waals surface area contributed by atoms with Gasteiger partial charge in [-0.3, -0.25) is 9.59 Å². The van der Waals surface area contributed by atoms with Crippen LogP contribution >= 0.6 is 0 Å². The van der Waals surface area contributed by atoms with Gasteiger partial charge in [-0.15, -0.1) is 0 Å². The summed E-state index contributed by atoms with van der Waals surface area (Å²) in [5.41, 5.74) is -0.277. The number of amides is 2. The molecular weight excluding hydrogens is 254 g/mol. The maximum Gasteiger partial charge on any atom is 0.245 e. The van der Waals surface area contributed by atoms with E-state index in [-0.39, 0.29) is 11.8 Å². The third-order valence-electron chi connectivity index (χ3n) is 3.63. The van der Waals surface area contributed by atoms with E-state index in [1.165, 1.54) is 4.90 Å². The summed E-state index contributed by atoms with van der Waals surface area (Å²) in [5, 5.41) is 12.1. The van der Waals surface area contributed by atoms with E-state index in [0.29, 0.717) is 18.7 Å². The molecule has 104 valence electrons. The minimum Gasteiger partial charge on any atom is -0.352 e. The zero-order valence-corrected chi connectivity index (χ0v) is 11.6. The molecule has 20 heavy (non-hydrogen) atoms. The van der Waals surface area contributed by atoms with Crippen molar-refractivity contribution in [2.75, 3.05) is 13.1 Å². The molecule has 1 aromatic carbocycles. The van der Waals surface area contributed by atoms with Crippen molar-refractivity contribution < 1.29 is 9.59 Å². The molecule has 1 aliphatic heterocycles. The molecule has 1 atom stereocenters. The van der Waals surface area contributed by atoms with E-state index >= 15 is 0 Å². The number of carbonyl (C=O) groups is 2. The summed E-state index contributed by atoms with van der Waals surface area (Å²) in [5.74, 6) is -1.39. The highest BCUT2D eigenvalue weighted by Gasteiger charge is 2.42. The Morgan fingerprint density at radius 2 is 2.05 bits per heavy atom. The zero-order chi connectivity index (χ0) is 14.8. The molecule has 1 unspecified atom stereocenters. The summed E-state index contributed by atoms with van der Waals surface area (Å²) in [4.78, 5) is 26.0. The van der Waals surface area contributed by atoms with Crippen molar-refractivity contribution in [3.63, 3.8) is 0 Å². The molecule has 2 amide bonds. The van der Waals surface area contributed by atoms with E-state index in [4.69, 9.17) is 0 Å². The lowest BCUT2D eigenvalue weighted by Crippen LogP contribution is -2.64. The van der Waals surface area contributed by atoms with E-state index in [9.17, 15) is 14.9 Å². The summed E-state index contributed by atoms with van der Waals surface area (Å²) in [6.45, 7) is 4.22. The van der Waals surface area contributed by atoms with Crippen molar-refractivity contribution in [3.05, 3.63) is 35.9 Å². The Morgan fingerprint density at radius 1 is 1.40 bits per heavy atom. The van der Waals surface area contributed by atoms with Gasteiger partial charge in [0.05, 0.1) is 6.07 Å². The molecule has 5 nitrogen and oxygen atoms in total. The lowest BCUT2D eigenvalue weighted by molar-refractivity contribution is -0.149. The Balaban J connectivity index is 2.30. The molecule has 5 heteroatoms. The molecule has 1 aromatic rings. The van der Waals surface area contributed by atoms with Crippen LogP contribution in [0, 0.1) is 11.3 Å². The van der Waals surface area contributed by atoms with Crippen LogP contribution in [-0.4, -0.2) is 35.3 Å². The van der Waals surface area contributed by atoms with Gasteiger partial charge in [0.2, 0.25) is 11.8 Å². The number of benzene rings is 1. The third kappa shape index (κ3) is 2.37. The second kappa shape index (κ2) is 5.33. The van der Waals surface area contributed by atoms with Gasteiger partial charge in [0, 0.05) is 13.1 Å². The molecule has 1 aliphatic rings. The van der Waals surface area contributed by atoms with Crippen LogP contribution in [0.15, 0.2) is 30.3 Å². The van der Waals surface area contributed by atoms with Crippen molar-refractivity contribution in [1.29, 1.82) is 5.26 Å². The Hall–Kier alpha value is -2.35. The minimum atomic E-state index is -0.931. The number of nitrogens with zero attached hydrogens (tertiary/aromatic N) is 2. The number of hydrogen-bond acceptors (Lipinski definition) is 3. The van der Waals surface area contributed by atoms with Crippen LogP contribution in [0.3, 0.4) is 0 Å². The smallest absolute Gasteiger partial charge is 0.245 e. The first-order chi connectivity index (χ1) is 9.48. The van der Waals surface area contributed by atoms with Gasteiger partial charge >= 0.3 is 0 Å². The van der Waals surface area contributed by atoms with Gasteiger partial charge in [0.1, 0.15) is 11.5 Å². The molecule has 1 fully saturated rings. The Labute approximate surface area is 118 Å². The number of carbonyl (C=O) groups excluding carboxylic acids is 2. The monoisotopic (exact) mass is 271 g/mol. The van der Waals surface area contributed by atoms with Gasteiger partial charge in [0.15, 0.2) is 0 Å². The fraction of sp³-hybridized carbons (Fsp3) is 0.400. The summed E-state index contributed by atoms with van der Waals surface area (Å²) >= 11 is 0. The first kappa shape index (κ1) is 14.1. The van der Waals surface area contributed by atoms with Crippen molar-refractivity contribution in [1.82, 2.24) is 10.2 Å². The topological polar surface area (TPSA) is 73.2 Å². The quantitative estimate of drug-likeness (QED) is 0.873. The average molecular weight is 271 g/mol. The van der Waals surface area contributed by atoms with Gasteiger partial charge in [-0.1, -0.05) is 30.3 Å². The fourth-order valence-electron chi connectivity index (χ4n) is 2.36. The van der Waals surface area contributed by atoms with Crippen LogP contribution in [0.25, 0.3) is 0 Å². The summed E-state index contributed by atoms with van der Waals surface area (Å²) in [7, 11) is 0. The van der Waals surface area contributed by atoms with E-state index in [1.54, 1.807) is 38.1 Å². The molecule has 0 spiro atoms. The minimum absolute atomic E-state index is 0.193. The maximum absolute atomic E-state index is 12.6. The zero-order valence-electron chi connectivity index (χ0n) is 11.6. The van der Waals surface area contributed by atoms with E-state index in [2.05, 4.69) is 5.32 Å². The molecule has 0 bridgehead atoms. The van der Waals surface area contributed by atoms with Crippen LogP contribution in [-0.2, 0) is 9.59 Å². The van der Waals surface area contributed by atoms with E-state index < -0.39 is 11.5 Å². The lowest BCUT2D eigenvalue weighted by Gasteiger charge is -2.42. The van der Waals surface area contributed by atoms with Gasteiger partial charge in [-0.2, -0.15) is 5.26 Å². The number of hydrogen-bond donors (Lipinski definition) is 1. The second-order valence-corrected chi connectivity index (χ2v) is 5.28. The normalized spacial score (nSPS) is 18.9. The summed E-state index contributed by atoms with van der Waals surface area (Å²) in [6, 6.07) is 11.0. The van der Waals surface area contributed by atoms with Crippen molar-refractivity contribution >= 4 is 11.8 Å². The first-order valence-electron chi connectivity index (χ1n) is 6.53. The standard InChI is InChI=1S/C15H17N3O2/c1-15(2)14(20)17-8-9-18(15)13(19)12(10-16)11-6-4-3-5-7-11/h3-7,12H,8-9H2,1-2H3,(H,17,20). The summed E-state index contributed by atoms with van der Waals surface area (Å²) < 4.78 is 0. The summed E-state index contributed by atoms with van der Waals surface area (Å²) in [6.07, 6.45) is 0. The highest BCUT2D eigenvalue weighted by Crippen LogP contribution is 2.24. The molecule has 2 rings (SSSR count).